The first-order valence-electron chi connectivity index (χ1n) is 5.51. The number of anilines is 2. The zero-order valence-corrected chi connectivity index (χ0v) is 9.24. The molecule has 0 bridgehead atoms. The highest BCUT2D eigenvalue weighted by atomic mass is 15.3. The summed E-state index contributed by atoms with van der Waals surface area (Å²) in [6, 6.07) is 0. The number of likely N-dealkylation sites (tertiary alicyclic amines) is 1. The van der Waals surface area contributed by atoms with Crippen molar-refractivity contribution >= 4 is 11.5 Å². The van der Waals surface area contributed by atoms with Gasteiger partial charge in [0.2, 0.25) is 0 Å². The van der Waals surface area contributed by atoms with Crippen molar-refractivity contribution in [2.24, 2.45) is 7.05 Å². The third-order valence-electron chi connectivity index (χ3n) is 2.78. The van der Waals surface area contributed by atoms with Gasteiger partial charge in [-0.3, -0.25) is 4.68 Å². The van der Waals surface area contributed by atoms with Gasteiger partial charge >= 0.3 is 0 Å². The second-order valence-electron chi connectivity index (χ2n) is 4.08. The fraction of sp³-hybridized carbons (Fsp3) is 0.700. The largest absolute Gasteiger partial charge is 0.394 e. The minimum Gasteiger partial charge on any atom is -0.394 e. The molecule has 3 N–H and O–H groups in total. The summed E-state index contributed by atoms with van der Waals surface area (Å²) in [6.07, 6.45) is 4.50. The molecule has 2 rings (SSSR count). The third kappa shape index (κ3) is 2.62. The molecular weight excluding hydrogens is 190 g/mol. The zero-order valence-electron chi connectivity index (χ0n) is 9.24. The van der Waals surface area contributed by atoms with Gasteiger partial charge in [0.15, 0.2) is 5.82 Å². The molecule has 0 atom stereocenters. The lowest BCUT2D eigenvalue weighted by molar-refractivity contribution is 0.352. The lowest BCUT2D eigenvalue weighted by atomic mass is 10.4. The molecule has 15 heavy (non-hydrogen) atoms. The number of nitrogens with one attached hydrogen (secondary N) is 1. The van der Waals surface area contributed by atoms with Crippen LogP contribution >= 0.6 is 0 Å². The van der Waals surface area contributed by atoms with Crippen molar-refractivity contribution in [1.29, 1.82) is 0 Å². The predicted octanol–water partition coefficient (Wildman–Crippen LogP) is 0.510. The molecule has 1 aromatic heterocycles. The number of nitrogens with zero attached hydrogens (tertiary/aromatic N) is 3. The van der Waals surface area contributed by atoms with Gasteiger partial charge < -0.3 is 16.0 Å². The molecule has 84 valence electrons. The van der Waals surface area contributed by atoms with Gasteiger partial charge in [-0.05, 0) is 25.9 Å². The highest BCUT2D eigenvalue weighted by Gasteiger charge is 2.10. The maximum atomic E-state index is 5.78. The fourth-order valence-electron chi connectivity index (χ4n) is 1.98. The Hall–Kier alpha value is -1.23. The van der Waals surface area contributed by atoms with Crippen LogP contribution in [0.1, 0.15) is 12.8 Å². The van der Waals surface area contributed by atoms with Crippen LogP contribution in [0.3, 0.4) is 0 Å². The molecule has 1 saturated heterocycles. The van der Waals surface area contributed by atoms with Crippen molar-refractivity contribution in [3.63, 3.8) is 0 Å². The molecule has 0 aromatic carbocycles. The van der Waals surface area contributed by atoms with E-state index in [0.717, 1.165) is 24.6 Å². The smallest absolute Gasteiger partial charge is 0.171 e. The van der Waals surface area contributed by atoms with E-state index in [0.29, 0.717) is 0 Å². The monoisotopic (exact) mass is 209 g/mol. The van der Waals surface area contributed by atoms with Crippen LogP contribution in [-0.2, 0) is 7.05 Å². The summed E-state index contributed by atoms with van der Waals surface area (Å²) in [4.78, 5) is 2.46. The molecular formula is C10H19N5. The van der Waals surface area contributed by atoms with Crippen molar-refractivity contribution in [1.82, 2.24) is 14.7 Å². The minimum absolute atomic E-state index is 0.721. The Kier molecular flexibility index (Phi) is 3.11. The van der Waals surface area contributed by atoms with Gasteiger partial charge in [0.05, 0.1) is 5.69 Å². The Morgan fingerprint density at radius 1 is 1.47 bits per heavy atom. The fourth-order valence-corrected chi connectivity index (χ4v) is 1.98. The Bertz CT molecular complexity index is 314. The van der Waals surface area contributed by atoms with Crippen molar-refractivity contribution < 1.29 is 0 Å². The van der Waals surface area contributed by atoms with E-state index in [9.17, 15) is 0 Å². The van der Waals surface area contributed by atoms with Gasteiger partial charge in [0.1, 0.15) is 0 Å². The summed E-state index contributed by atoms with van der Waals surface area (Å²) in [5.41, 5.74) is 6.50. The summed E-state index contributed by atoms with van der Waals surface area (Å²) < 4.78 is 1.73. The Balaban J connectivity index is 1.75. The molecule has 0 amide bonds. The molecule has 1 aliphatic heterocycles. The average molecular weight is 209 g/mol. The third-order valence-corrected chi connectivity index (χ3v) is 2.78. The van der Waals surface area contributed by atoms with E-state index in [-0.39, 0.29) is 0 Å². The maximum Gasteiger partial charge on any atom is 0.171 e. The van der Waals surface area contributed by atoms with Gasteiger partial charge in [-0.2, -0.15) is 5.10 Å². The number of aromatic nitrogens is 2. The van der Waals surface area contributed by atoms with Crippen LogP contribution in [0.2, 0.25) is 0 Å². The number of hydrogen-bond acceptors (Lipinski definition) is 4. The SMILES string of the molecule is Cn1cc(N)c(NCCN2CCCC2)n1. The van der Waals surface area contributed by atoms with Crippen molar-refractivity contribution in [3.05, 3.63) is 6.20 Å². The first-order chi connectivity index (χ1) is 7.25. The van der Waals surface area contributed by atoms with Crippen molar-refractivity contribution in [2.45, 2.75) is 12.8 Å². The number of hydrogen-bond donors (Lipinski definition) is 2. The molecule has 0 saturated carbocycles. The molecule has 1 aromatic rings. The van der Waals surface area contributed by atoms with E-state index in [2.05, 4.69) is 15.3 Å². The van der Waals surface area contributed by atoms with Crippen molar-refractivity contribution in [2.75, 3.05) is 37.2 Å². The molecule has 1 fully saturated rings. The van der Waals surface area contributed by atoms with Crippen LogP contribution in [0.5, 0.6) is 0 Å². The second kappa shape index (κ2) is 4.53. The highest BCUT2D eigenvalue weighted by Crippen LogP contribution is 2.14. The van der Waals surface area contributed by atoms with Crippen LogP contribution in [0.25, 0.3) is 0 Å². The second-order valence-corrected chi connectivity index (χ2v) is 4.08. The molecule has 0 radical (unpaired) electrons. The van der Waals surface area contributed by atoms with Crippen LogP contribution in [-0.4, -0.2) is 40.9 Å². The van der Waals surface area contributed by atoms with E-state index in [1.54, 1.807) is 4.68 Å². The summed E-state index contributed by atoms with van der Waals surface area (Å²) >= 11 is 0. The van der Waals surface area contributed by atoms with Crippen LogP contribution in [0.4, 0.5) is 11.5 Å². The van der Waals surface area contributed by atoms with Crippen LogP contribution in [0.15, 0.2) is 6.20 Å². The molecule has 2 heterocycles. The number of nitrogens with two attached hydrogens (primary N) is 1. The quantitative estimate of drug-likeness (QED) is 0.758. The van der Waals surface area contributed by atoms with E-state index < -0.39 is 0 Å². The summed E-state index contributed by atoms with van der Waals surface area (Å²) in [5.74, 6) is 0.802. The Morgan fingerprint density at radius 2 is 2.20 bits per heavy atom. The minimum atomic E-state index is 0.721. The van der Waals surface area contributed by atoms with Gasteiger partial charge in [-0.25, -0.2) is 0 Å². The molecule has 1 aliphatic rings. The topological polar surface area (TPSA) is 59.1 Å². The Morgan fingerprint density at radius 3 is 2.80 bits per heavy atom. The molecule has 5 heteroatoms. The zero-order chi connectivity index (χ0) is 10.7. The Labute approximate surface area is 90.2 Å². The number of rotatable bonds is 4. The predicted molar refractivity (Wildman–Crippen MR) is 61.8 cm³/mol. The standard InChI is InChI=1S/C10H19N5/c1-14-8-9(11)10(13-14)12-4-7-15-5-2-3-6-15/h8H,2-7,11H2,1H3,(H,12,13). The molecule has 0 spiro atoms. The molecule has 5 nitrogen and oxygen atoms in total. The number of aryl methyl sites for hydroxylation is 1. The summed E-state index contributed by atoms with van der Waals surface area (Å²) in [7, 11) is 1.88. The van der Waals surface area contributed by atoms with Crippen molar-refractivity contribution in [3.8, 4) is 0 Å². The van der Waals surface area contributed by atoms with Gasteiger partial charge in [0, 0.05) is 26.3 Å². The lowest BCUT2D eigenvalue weighted by Crippen LogP contribution is -2.26. The first kappa shape index (κ1) is 10.3. The lowest BCUT2D eigenvalue weighted by Gasteiger charge is -2.14. The average Bonchev–Trinajstić information content (AvgIpc) is 2.77. The van der Waals surface area contributed by atoms with Crippen LogP contribution < -0.4 is 11.1 Å². The van der Waals surface area contributed by atoms with E-state index >= 15 is 0 Å². The van der Waals surface area contributed by atoms with Gasteiger partial charge in [-0.1, -0.05) is 0 Å². The molecule has 0 unspecified atom stereocenters. The van der Waals surface area contributed by atoms with E-state index in [1.165, 1.54) is 25.9 Å². The summed E-state index contributed by atoms with van der Waals surface area (Å²) in [5, 5.41) is 7.50. The maximum absolute atomic E-state index is 5.78. The molecule has 0 aliphatic carbocycles. The summed E-state index contributed by atoms with van der Waals surface area (Å²) in [6.45, 7) is 4.47. The van der Waals surface area contributed by atoms with Gasteiger partial charge in [-0.15, -0.1) is 0 Å². The van der Waals surface area contributed by atoms with E-state index in [1.807, 2.05) is 13.2 Å². The normalized spacial score (nSPS) is 17.1. The van der Waals surface area contributed by atoms with Gasteiger partial charge in [0.25, 0.3) is 0 Å². The number of nitrogen functional groups attached to an aromatic ring is 1. The first-order valence-corrected chi connectivity index (χ1v) is 5.51. The van der Waals surface area contributed by atoms with E-state index in [4.69, 9.17) is 5.73 Å². The van der Waals surface area contributed by atoms with Crippen LogP contribution in [0, 0.1) is 0 Å². The highest BCUT2D eigenvalue weighted by molar-refractivity contribution is 5.59.